The van der Waals surface area contributed by atoms with E-state index in [1.165, 1.54) is 12.8 Å². The van der Waals surface area contributed by atoms with Crippen LogP contribution in [0, 0.1) is 5.92 Å². The third-order valence-corrected chi connectivity index (χ3v) is 4.72. The lowest BCUT2D eigenvalue weighted by atomic mass is 10.1. The van der Waals surface area contributed by atoms with Crippen molar-refractivity contribution in [2.45, 2.75) is 12.8 Å². The van der Waals surface area contributed by atoms with E-state index in [4.69, 9.17) is 0 Å². The highest BCUT2D eigenvalue weighted by atomic mass is 16.2. The summed E-state index contributed by atoms with van der Waals surface area (Å²) >= 11 is 0. The molecule has 1 aliphatic carbocycles. The van der Waals surface area contributed by atoms with E-state index in [0.29, 0.717) is 17.3 Å². The number of pyridine rings is 1. The van der Waals surface area contributed by atoms with Gasteiger partial charge in [-0.15, -0.1) is 0 Å². The van der Waals surface area contributed by atoms with Crippen molar-refractivity contribution in [1.82, 2.24) is 4.98 Å². The van der Waals surface area contributed by atoms with Crippen molar-refractivity contribution in [3.05, 3.63) is 44.8 Å². The largest absolute Gasteiger partial charge is 0.380 e. The standard InChI is InChI=1S/C17H20N4O2/c22-16-14(19-11-12-4-5-12)15(17(16)23)21-9-7-20(8-10-21)13-3-1-2-6-18-13/h1-3,6,12,19H,4-5,7-11H2. The Balaban J connectivity index is 1.43. The van der Waals surface area contributed by atoms with Crippen LogP contribution in [0.1, 0.15) is 12.8 Å². The Kier molecular flexibility index (Phi) is 3.52. The molecule has 0 amide bonds. The van der Waals surface area contributed by atoms with Gasteiger partial charge in [0.25, 0.3) is 10.9 Å². The molecule has 1 aromatic heterocycles. The van der Waals surface area contributed by atoms with Crippen molar-refractivity contribution < 1.29 is 0 Å². The summed E-state index contributed by atoms with van der Waals surface area (Å²) in [4.78, 5) is 32.4. The van der Waals surface area contributed by atoms with Crippen LogP contribution >= 0.6 is 0 Å². The van der Waals surface area contributed by atoms with Crippen LogP contribution in [0.25, 0.3) is 0 Å². The molecule has 6 nitrogen and oxygen atoms in total. The summed E-state index contributed by atoms with van der Waals surface area (Å²) in [5.41, 5.74) is 0.437. The average Bonchev–Trinajstić information content (AvgIpc) is 3.43. The maximum atomic E-state index is 12.0. The van der Waals surface area contributed by atoms with E-state index in [-0.39, 0.29) is 10.9 Å². The van der Waals surface area contributed by atoms with Gasteiger partial charge in [0.05, 0.1) is 0 Å². The number of hydrogen-bond donors (Lipinski definition) is 1. The first-order chi connectivity index (χ1) is 11.2. The summed E-state index contributed by atoms with van der Waals surface area (Å²) in [5, 5.41) is 3.19. The molecule has 1 aliphatic heterocycles. The molecule has 2 aromatic rings. The molecule has 1 saturated carbocycles. The van der Waals surface area contributed by atoms with Crippen molar-refractivity contribution in [1.29, 1.82) is 0 Å². The van der Waals surface area contributed by atoms with Crippen molar-refractivity contribution in [3.8, 4) is 0 Å². The Hall–Kier alpha value is -2.37. The molecule has 1 aromatic carbocycles. The molecule has 23 heavy (non-hydrogen) atoms. The van der Waals surface area contributed by atoms with E-state index in [2.05, 4.69) is 15.2 Å². The molecule has 0 spiro atoms. The van der Waals surface area contributed by atoms with Crippen molar-refractivity contribution in [2.75, 3.05) is 47.8 Å². The minimum absolute atomic E-state index is 0.338. The lowest BCUT2D eigenvalue weighted by molar-refractivity contribution is 0.644. The van der Waals surface area contributed by atoms with Gasteiger partial charge in [0.2, 0.25) is 0 Å². The molecule has 0 radical (unpaired) electrons. The van der Waals surface area contributed by atoms with Crippen molar-refractivity contribution >= 4 is 17.2 Å². The predicted octanol–water partition coefficient (Wildman–Crippen LogP) is 0.826. The van der Waals surface area contributed by atoms with Crippen molar-refractivity contribution in [2.24, 2.45) is 5.92 Å². The van der Waals surface area contributed by atoms with E-state index in [0.717, 1.165) is 38.5 Å². The average molecular weight is 312 g/mol. The molecular formula is C17H20N4O2. The van der Waals surface area contributed by atoms with E-state index in [9.17, 15) is 9.59 Å². The summed E-state index contributed by atoms with van der Waals surface area (Å²) in [7, 11) is 0. The maximum absolute atomic E-state index is 12.0. The summed E-state index contributed by atoms with van der Waals surface area (Å²) < 4.78 is 0. The van der Waals surface area contributed by atoms with Crippen LogP contribution in [-0.4, -0.2) is 37.7 Å². The molecule has 2 fully saturated rings. The van der Waals surface area contributed by atoms with E-state index >= 15 is 0 Å². The lowest BCUT2D eigenvalue weighted by Gasteiger charge is -2.37. The molecule has 2 aliphatic rings. The van der Waals surface area contributed by atoms with Gasteiger partial charge in [-0.05, 0) is 30.9 Å². The van der Waals surface area contributed by atoms with Crippen LogP contribution in [0.3, 0.4) is 0 Å². The van der Waals surface area contributed by atoms with Crippen molar-refractivity contribution in [3.63, 3.8) is 0 Å². The molecule has 0 atom stereocenters. The van der Waals surface area contributed by atoms with Gasteiger partial charge in [0.15, 0.2) is 0 Å². The van der Waals surface area contributed by atoms with Crippen LogP contribution in [0.4, 0.5) is 17.2 Å². The minimum atomic E-state index is -0.354. The second-order valence-corrected chi connectivity index (χ2v) is 6.37. The van der Waals surface area contributed by atoms with Crippen LogP contribution in [0.5, 0.6) is 0 Å². The Bertz CT molecular complexity index is 755. The van der Waals surface area contributed by atoms with E-state index in [1.54, 1.807) is 6.20 Å². The van der Waals surface area contributed by atoms with Gasteiger partial charge in [-0.25, -0.2) is 4.98 Å². The summed E-state index contributed by atoms with van der Waals surface area (Å²) in [5.74, 6) is 1.64. The van der Waals surface area contributed by atoms with E-state index in [1.807, 2.05) is 23.1 Å². The molecule has 1 saturated heterocycles. The fourth-order valence-corrected chi connectivity index (χ4v) is 3.11. The Morgan fingerprint density at radius 3 is 2.43 bits per heavy atom. The SMILES string of the molecule is O=c1c(NCC2CC2)c(N2CCN(c3ccccn3)CC2)c1=O. The fourth-order valence-electron chi connectivity index (χ4n) is 3.11. The molecule has 0 bridgehead atoms. The molecule has 2 heterocycles. The first-order valence-electron chi connectivity index (χ1n) is 8.22. The molecule has 120 valence electrons. The Morgan fingerprint density at radius 2 is 1.78 bits per heavy atom. The Labute approximate surface area is 134 Å². The number of piperazine rings is 1. The van der Waals surface area contributed by atoms with E-state index < -0.39 is 0 Å². The topological polar surface area (TPSA) is 65.5 Å². The second-order valence-electron chi connectivity index (χ2n) is 6.37. The summed E-state index contributed by atoms with van der Waals surface area (Å²) in [6.07, 6.45) is 4.24. The number of nitrogens with one attached hydrogen (secondary N) is 1. The third kappa shape index (κ3) is 2.69. The second kappa shape index (κ2) is 5.68. The first kappa shape index (κ1) is 14.2. The minimum Gasteiger partial charge on any atom is -0.380 e. The van der Waals surface area contributed by atoms with Gasteiger partial charge < -0.3 is 15.1 Å². The predicted molar refractivity (Wildman–Crippen MR) is 91.2 cm³/mol. The molecule has 4 rings (SSSR count). The number of nitrogens with zero attached hydrogens (tertiary/aromatic N) is 3. The zero-order valence-corrected chi connectivity index (χ0v) is 13.0. The molecule has 1 N–H and O–H groups in total. The first-order valence-corrected chi connectivity index (χ1v) is 8.22. The van der Waals surface area contributed by atoms with Crippen LogP contribution in [-0.2, 0) is 0 Å². The van der Waals surface area contributed by atoms with Gasteiger partial charge in [0, 0.05) is 38.9 Å². The highest BCUT2D eigenvalue weighted by molar-refractivity contribution is 5.75. The van der Waals surface area contributed by atoms with Gasteiger partial charge in [-0.3, -0.25) is 9.59 Å². The van der Waals surface area contributed by atoms with Crippen LogP contribution in [0.15, 0.2) is 34.0 Å². The van der Waals surface area contributed by atoms with Gasteiger partial charge >= 0.3 is 0 Å². The molecule has 6 heteroatoms. The summed E-state index contributed by atoms with van der Waals surface area (Å²) in [6, 6.07) is 5.88. The molecule has 0 unspecified atom stereocenters. The molecular weight excluding hydrogens is 292 g/mol. The third-order valence-electron chi connectivity index (χ3n) is 4.72. The maximum Gasteiger partial charge on any atom is 0.253 e. The monoisotopic (exact) mass is 312 g/mol. The zero-order valence-electron chi connectivity index (χ0n) is 13.0. The van der Waals surface area contributed by atoms with Gasteiger partial charge in [-0.1, -0.05) is 6.07 Å². The van der Waals surface area contributed by atoms with Gasteiger partial charge in [-0.2, -0.15) is 0 Å². The Morgan fingerprint density at radius 1 is 1.04 bits per heavy atom. The smallest absolute Gasteiger partial charge is 0.253 e. The fraction of sp³-hybridized carbons (Fsp3) is 0.471. The number of rotatable bonds is 5. The summed E-state index contributed by atoms with van der Waals surface area (Å²) in [6.45, 7) is 3.89. The lowest BCUT2D eigenvalue weighted by Crippen LogP contribution is -2.51. The van der Waals surface area contributed by atoms with Crippen LogP contribution < -0.4 is 26.0 Å². The number of anilines is 3. The zero-order chi connectivity index (χ0) is 15.8. The number of aromatic nitrogens is 1. The highest BCUT2D eigenvalue weighted by Crippen LogP contribution is 2.30. The quantitative estimate of drug-likeness (QED) is 0.825. The normalized spacial score (nSPS) is 18.4. The van der Waals surface area contributed by atoms with Gasteiger partial charge in [0.1, 0.15) is 17.2 Å². The number of hydrogen-bond acceptors (Lipinski definition) is 6. The highest BCUT2D eigenvalue weighted by Gasteiger charge is 2.30. The van der Waals surface area contributed by atoms with Crippen LogP contribution in [0.2, 0.25) is 0 Å².